The van der Waals surface area contributed by atoms with Crippen molar-refractivity contribution in [3.8, 4) is 5.75 Å². The minimum absolute atomic E-state index is 0.0524. The molecule has 6 heteroatoms. The molecule has 1 amide bonds. The molecule has 0 atom stereocenters. The summed E-state index contributed by atoms with van der Waals surface area (Å²) in [4.78, 5) is 25.6. The number of ether oxygens (including phenoxy) is 2. The van der Waals surface area contributed by atoms with Gasteiger partial charge in [0.15, 0.2) is 6.61 Å². The molecular formula is C17H16N2O4. The maximum absolute atomic E-state index is 12.3. The smallest absolute Gasteiger partial charge is 0.337 e. The number of hydrogen-bond donors (Lipinski definition) is 1. The van der Waals surface area contributed by atoms with E-state index >= 15 is 0 Å². The summed E-state index contributed by atoms with van der Waals surface area (Å²) in [5.74, 6) is -0.135. The van der Waals surface area contributed by atoms with Crippen molar-refractivity contribution >= 4 is 23.3 Å². The molecule has 23 heavy (non-hydrogen) atoms. The van der Waals surface area contributed by atoms with Gasteiger partial charge in [0.1, 0.15) is 5.75 Å². The van der Waals surface area contributed by atoms with Gasteiger partial charge in [-0.1, -0.05) is 12.1 Å². The Bertz CT molecular complexity index is 756. The first-order valence-corrected chi connectivity index (χ1v) is 7.11. The minimum atomic E-state index is -0.468. The number of fused-ring (bicyclic) bond motifs is 1. The lowest BCUT2D eigenvalue weighted by atomic mass is 10.1. The molecule has 2 aromatic carbocycles. The molecule has 2 N–H and O–H groups in total. The lowest BCUT2D eigenvalue weighted by molar-refractivity contribution is -0.120. The van der Waals surface area contributed by atoms with E-state index in [0.717, 1.165) is 5.56 Å². The Balaban J connectivity index is 2.07. The number of rotatable bonds is 3. The highest BCUT2D eigenvalue weighted by Crippen LogP contribution is 2.38. The van der Waals surface area contributed by atoms with Gasteiger partial charge in [0.05, 0.1) is 18.4 Å². The summed E-state index contributed by atoms with van der Waals surface area (Å²) in [6.07, 6.45) is 0. The van der Waals surface area contributed by atoms with Crippen LogP contribution in [0.15, 0.2) is 42.5 Å². The van der Waals surface area contributed by atoms with Crippen molar-refractivity contribution in [3.05, 3.63) is 53.6 Å². The van der Waals surface area contributed by atoms with E-state index < -0.39 is 5.97 Å². The van der Waals surface area contributed by atoms with E-state index in [4.69, 9.17) is 15.2 Å². The van der Waals surface area contributed by atoms with Crippen LogP contribution in [0.4, 0.5) is 11.4 Å². The number of nitrogens with zero attached hydrogens (tertiary/aromatic N) is 1. The van der Waals surface area contributed by atoms with Crippen LogP contribution in [-0.2, 0) is 16.1 Å². The van der Waals surface area contributed by atoms with Crippen LogP contribution in [0.5, 0.6) is 5.75 Å². The third kappa shape index (κ3) is 2.76. The minimum Gasteiger partial charge on any atom is -0.482 e. The van der Waals surface area contributed by atoms with Gasteiger partial charge in [-0.25, -0.2) is 4.79 Å². The maximum Gasteiger partial charge on any atom is 0.337 e. The van der Waals surface area contributed by atoms with Crippen LogP contribution in [0, 0.1) is 0 Å². The molecule has 0 bridgehead atoms. The number of esters is 1. The van der Waals surface area contributed by atoms with E-state index in [0.29, 0.717) is 29.2 Å². The molecule has 0 unspecified atom stereocenters. The fraction of sp³-hybridized carbons (Fsp3) is 0.176. The van der Waals surface area contributed by atoms with Crippen molar-refractivity contribution in [3.63, 3.8) is 0 Å². The van der Waals surface area contributed by atoms with Crippen molar-refractivity contribution < 1.29 is 19.1 Å². The molecule has 0 radical (unpaired) electrons. The van der Waals surface area contributed by atoms with Crippen LogP contribution in [0.2, 0.25) is 0 Å². The summed E-state index contributed by atoms with van der Waals surface area (Å²) >= 11 is 0. The third-order valence-electron chi connectivity index (χ3n) is 3.65. The Hall–Kier alpha value is -2.86. The molecule has 118 valence electrons. The van der Waals surface area contributed by atoms with Crippen molar-refractivity contribution in [2.75, 3.05) is 18.6 Å². The van der Waals surface area contributed by atoms with Crippen LogP contribution in [0.1, 0.15) is 15.9 Å². The van der Waals surface area contributed by atoms with Gasteiger partial charge in [-0.05, 0) is 35.9 Å². The summed E-state index contributed by atoms with van der Waals surface area (Å²) in [6, 6.07) is 12.2. The summed E-state index contributed by atoms with van der Waals surface area (Å²) in [5, 5.41) is 0. The lowest BCUT2D eigenvalue weighted by Crippen LogP contribution is -2.35. The Morgan fingerprint density at radius 1 is 1.26 bits per heavy atom. The highest BCUT2D eigenvalue weighted by Gasteiger charge is 2.28. The number of hydrogen-bond acceptors (Lipinski definition) is 5. The lowest BCUT2D eigenvalue weighted by Gasteiger charge is -2.29. The van der Waals surface area contributed by atoms with E-state index in [-0.39, 0.29) is 12.5 Å². The zero-order valence-electron chi connectivity index (χ0n) is 12.6. The van der Waals surface area contributed by atoms with Crippen molar-refractivity contribution in [2.24, 2.45) is 5.73 Å². The van der Waals surface area contributed by atoms with E-state index in [1.165, 1.54) is 12.0 Å². The molecule has 6 nitrogen and oxygen atoms in total. The molecule has 1 aliphatic heterocycles. The van der Waals surface area contributed by atoms with Gasteiger partial charge >= 0.3 is 5.97 Å². The number of methoxy groups -OCH3 is 1. The van der Waals surface area contributed by atoms with Crippen LogP contribution in [-0.4, -0.2) is 25.6 Å². The van der Waals surface area contributed by atoms with Crippen LogP contribution < -0.4 is 15.4 Å². The summed E-state index contributed by atoms with van der Waals surface area (Å²) < 4.78 is 10.2. The van der Waals surface area contributed by atoms with Gasteiger partial charge in [-0.3, -0.25) is 9.69 Å². The third-order valence-corrected chi connectivity index (χ3v) is 3.65. The molecule has 3 rings (SSSR count). The summed E-state index contributed by atoms with van der Waals surface area (Å²) in [7, 11) is 1.31. The second kappa shape index (κ2) is 6.10. The average molecular weight is 312 g/mol. The quantitative estimate of drug-likeness (QED) is 0.877. The van der Waals surface area contributed by atoms with Crippen LogP contribution in [0.3, 0.4) is 0 Å². The number of anilines is 2. The number of carbonyl (C=O) groups excluding carboxylic acids is 2. The molecule has 0 saturated heterocycles. The van der Waals surface area contributed by atoms with Gasteiger partial charge in [0, 0.05) is 12.2 Å². The normalized spacial score (nSPS) is 13.3. The van der Waals surface area contributed by atoms with Gasteiger partial charge in [-0.2, -0.15) is 0 Å². The molecule has 1 aliphatic rings. The first kappa shape index (κ1) is 15.1. The van der Waals surface area contributed by atoms with Crippen molar-refractivity contribution in [2.45, 2.75) is 6.54 Å². The highest BCUT2D eigenvalue weighted by molar-refractivity contribution is 6.05. The van der Waals surface area contributed by atoms with Gasteiger partial charge in [-0.15, -0.1) is 0 Å². The fourth-order valence-corrected chi connectivity index (χ4v) is 2.46. The highest BCUT2D eigenvalue weighted by atomic mass is 16.5. The largest absolute Gasteiger partial charge is 0.482 e. The van der Waals surface area contributed by atoms with E-state index in [9.17, 15) is 9.59 Å². The molecule has 0 spiro atoms. The average Bonchev–Trinajstić information content (AvgIpc) is 2.60. The fourth-order valence-electron chi connectivity index (χ4n) is 2.46. The zero-order valence-corrected chi connectivity index (χ0v) is 12.6. The van der Waals surface area contributed by atoms with E-state index in [1.54, 1.807) is 18.2 Å². The molecule has 0 aromatic heterocycles. The van der Waals surface area contributed by atoms with Gasteiger partial charge in [0.25, 0.3) is 5.91 Å². The topological polar surface area (TPSA) is 81.9 Å². The Kier molecular flexibility index (Phi) is 3.99. The Morgan fingerprint density at radius 3 is 2.65 bits per heavy atom. The first-order valence-electron chi connectivity index (χ1n) is 7.11. The number of nitrogens with two attached hydrogens (primary N) is 1. The monoisotopic (exact) mass is 312 g/mol. The number of benzene rings is 2. The second-order valence-corrected chi connectivity index (χ2v) is 5.06. The number of amides is 1. The summed E-state index contributed by atoms with van der Waals surface area (Å²) in [6.45, 7) is 0.379. The second-order valence-electron chi connectivity index (χ2n) is 5.06. The molecule has 1 heterocycles. The Labute approximate surface area is 133 Å². The zero-order chi connectivity index (χ0) is 16.4. The molecular weight excluding hydrogens is 296 g/mol. The van der Waals surface area contributed by atoms with Crippen LogP contribution in [0.25, 0.3) is 0 Å². The predicted molar refractivity (Wildman–Crippen MR) is 84.8 cm³/mol. The predicted octanol–water partition coefficient (Wildman–Crippen LogP) is 1.99. The molecule has 0 aliphatic carbocycles. The van der Waals surface area contributed by atoms with Gasteiger partial charge < -0.3 is 15.2 Å². The first-order chi connectivity index (χ1) is 11.1. The van der Waals surface area contributed by atoms with Crippen molar-refractivity contribution in [1.82, 2.24) is 0 Å². The molecule has 2 aromatic rings. The maximum atomic E-state index is 12.3. The van der Waals surface area contributed by atoms with Crippen molar-refractivity contribution in [1.29, 1.82) is 0 Å². The SMILES string of the molecule is COC(=O)c1ccc2c(c1)N(c1ccc(CN)cc1)C(=O)CO2. The van der Waals surface area contributed by atoms with E-state index in [1.807, 2.05) is 24.3 Å². The molecule has 0 fully saturated rings. The van der Waals surface area contributed by atoms with E-state index in [2.05, 4.69) is 0 Å². The van der Waals surface area contributed by atoms with Gasteiger partial charge in [0.2, 0.25) is 0 Å². The standard InChI is InChI=1S/C17H16N2O4/c1-22-17(21)12-4-7-15-14(8-12)19(16(20)10-23-15)13-5-2-11(9-18)3-6-13/h2-8H,9-10,18H2,1H3. The number of carbonyl (C=O) groups is 2. The summed E-state index contributed by atoms with van der Waals surface area (Å²) in [5.41, 5.74) is 8.14. The molecule has 0 saturated carbocycles. The Morgan fingerprint density at radius 2 is 2.00 bits per heavy atom. The van der Waals surface area contributed by atoms with Crippen LogP contribution >= 0.6 is 0 Å².